The molecule has 0 rings (SSSR count). The molecule has 4 nitrogen and oxygen atoms in total. The van der Waals surface area contributed by atoms with Gasteiger partial charge in [-0.1, -0.05) is 65.2 Å². The third kappa shape index (κ3) is 24.3. The van der Waals surface area contributed by atoms with Crippen LogP contribution in [0.5, 0.6) is 0 Å². The Morgan fingerprint density at radius 3 is 1.44 bits per heavy atom. The minimum Gasteiger partial charge on any atom is -0.481 e. The highest BCUT2D eigenvalue weighted by Gasteiger charge is 1.98. The monoisotopic (exact) mass is 259 g/mol. The number of hydrogen-bond acceptors (Lipinski definition) is 2. The maximum atomic E-state index is 9.86. The molecule has 0 aromatic rings. The third-order valence-corrected chi connectivity index (χ3v) is 2.54. The molecular formula is C14H29NO3. The van der Waals surface area contributed by atoms with Crippen LogP contribution in [0.2, 0.25) is 0 Å². The van der Waals surface area contributed by atoms with E-state index in [0.717, 1.165) is 0 Å². The van der Waals surface area contributed by atoms with Gasteiger partial charge in [-0.3, -0.25) is 9.59 Å². The number of amides is 1. The molecule has 0 aliphatic carbocycles. The lowest BCUT2D eigenvalue weighted by molar-refractivity contribution is -0.138. The minimum atomic E-state index is -0.996. The van der Waals surface area contributed by atoms with E-state index in [1.54, 1.807) is 0 Å². The number of carbonyl (C=O) groups excluding carboxylic acids is 1. The first-order chi connectivity index (χ1) is 8.54. The summed E-state index contributed by atoms with van der Waals surface area (Å²) in [6.45, 7) is 4.54. The van der Waals surface area contributed by atoms with E-state index in [4.69, 9.17) is 5.11 Å². The summed E-state index contributed by atoms with van der Waals surface area (Å²) >= 11 is 0. The van der Waals surface area contributed by atoms with Gasteiger partial charge in [-0.05, 0) is 0 Å². The molecule has 108 valence electrons. The van der Waals surface area contributed by atoms with Crippen LogP contribution in [-0.4, -0.2) is 17.0 Å². The molecule has 0 unspecified atom stereocenters. The highest BCUT2D eigenvalue weighted by molar-refractivity contribution is 5.79. The first-order valence-corrected chi connectivity index (χ1v) is 7.04. The Labute approximate surface area is 111 Å². The molecule has 4 heteroatoms. The molecule has 0 heterocycles. The summed E-state index contributed by atoms with van der Waals surface area (Å²) in [4.78, 5) is 19.6. The molecule has 0 aromatic heterocycles. The fourth-order valence-electron chi connectivity index (χ4n) is 1.44. The molecule has 0 aromatic carbocycles. The van der Waals surface area contributed by atoms with Gasteiger partial charge in [0.05, 0.1) is 6.42 Å². The average Bonchev–Trinajstić information content (AvgIpc) is 2.32. The summed E-state index contributed by atoms with van der Waals surface area (Å²) < 4.78 is 0. The van der Waals surface area contributed by atoms with Crippen LogP contribution in [0, 0.1) is 0 Å². The smallest absolute Gasteiger partial charge is 0.303 e. The van der Waals surface area contributed by atoms with Gasteiger partial charge in [0.25, 0.3) is 0 Å². The average molecular weight is 259 g/mol. The van der Waals surface area contributed by atoms with Gasteiger partial charge in [0.2, 0.25) is 5.91 Å². The van der Waals surface area contributed by atoms with Crippen LogP contribution in [0.4, 0.5) is 0 Å². The molecule has 0 aliphatic heterocycles. The van der Waals surface area contributed by atoms with E-state index in [1.165, 1.54) is 51.4 Å². The second kappa shape index (κ2) is 15.9. The Hall–Kier alpha value is -1.06. The van der Waals surface area contributed by atoms with Gasteiger partial charge < -0.3 is 10.8 Å². The van der Waals surface area contributed by atoms with E-state index in [0.29, 0.717) is 0 Å². The molecule has 0 radical (unpaired) electrons. The van der Waals surface area contributed by atoms with Crippen molar-refractivity contribution in [2.24, 2.45) is 5.73 Å². The van der Waals surface area contributed by atoms with Crippen LogP contribution in [0.15, 0.2) is 0 Å². The maximum absolute atomic E-state index is 9.86. The van der Waals surface area contributed by atoms with Crippen LogP contribution in [0.25, 0.3) is 0 Å². The van der Waals surface area contributed by atoms with Crippen LogP contribution >= 0.6 is 0 Å². The predicted molar refractivity (Wildman–Crippen MR) is 74.3 cm³/mol. The lowest BCUT2D eigenvalue weighted by Crippen LogP contribution is -2.12. The first-order valence-electron chi connectivity index (χ1n) is 7.04. The van der Waals surface area contributed by atoms with E-state index < -0.39 is 11.9 Å². The Bertz CT molecular complexity index is 183. The lowest BCUT2D eigenvalue weighted by atomic mass is 10.1. The molecular weight excluding hydrogens is 230 g/mol. The Kier molecular flexibility index (Phi) is 17.1. The second-order valence-electron chi connectivity index (χ2n) is 4.48. The number of carboxylic acids is 1. The zero-order chi connectivity index (χ0) is 14.2. The van der Waals surface area contributed by atoms with E-state index in [-0.39, 0.29) is 12.8 Å². The van der Waals surface area contributed by atoms with Crippen molar-refractivity contribution in [1.29, 1.82) is 0 Å². The van der Waals surface area contributed by atoms with Crippen LogP contribution in [0.1, 0.15) is 78.1 Å². The topological polar surface area (TPSA) is 80.4 Å². The van der Waals surface area contributed by atoms with Crippen molar-refractivity contribution in [3.8, 4) is 0 Å². The van der Waals surface area contributed by atoms with E-state index in [2.05, 4.69) is 19.6 Å². The highest BCUT2D eigenvalue weighted by Crippen LogP contribution is 2.07. The van der Waals surface area contributed by atoms with E-state index in [9.17, 15) is 9.59 Å². The van der Waals surface area contributed by atoms with Crippen molar-refractivity contribution in [3.05, 3.63) is 0 Å². The van der Waals surface area contributed by atoms with Gasteiger partial charge in [-0.25, -0.2) is 0 Å². The number of carbonyl (C=O) groups is 2. The van der Waals surface area contributed by atoms with Crippen LogP contribution in [0.3, 0.4) is 0 Å². The summed E-state index contributed by atoms with van der Waals surface area (Å²) in [5.41, 5.74) is 4.64. The summed E-state index contributed by atoms with van der Waals surface area (Å²) in [6.07, 6.45) is 11.2. The summed E-state index contributed by atoms with van der Waals surface area (Å²) in [5, 5.41) is 7.95. The molecule has 0 fully saturated rings. The van der Waals surface area contributed by atoms with Gasteiger partial charge >= 0.3 is 5.97 Å². The maximum Gasteiger partial charge on any atom is 0.303 e. The molecule has 18 heavy (non-hydrogen) atoms. The second-order valence-corrected chi connectivity index (χ2v) is 4.48. The van der Waals surface area contributed by atoms with Gasteiger partial charge in [0.1, 0.15) is 0 Å². The molecule has 0 saturated heterocycles. The number of nitrogens with two attached hydrogens (primary N) is 1. The van der Waals surface area contributed by atoms with Crippen molar-refractivity contribution >= 4 is 11.9 Å². The fourth-order valence-corrected chi connectivity index (χ4v) is 1.44. The normalized spacial score (nSPS) is 9.44. The number of aliphatic carboxylic acids is 1. The molecule has 0 atom stereocenters. The number of unbranched alkanes of at least 4 members (excludes halogenated alkanes) is 7. The number of primary amides is 1. The lowest BCUT2D eigenvalue weighted by Gasteiger charge is -1.97. The van der Waals surface area contributed by atoms with Crippen LogP contribution in [-0.2, 0) is 9.59 Å². The quantitative estimate of drug-likeness (QED) is 0.589. The largest absolute Gasteiger partial charge is 0.481 e. The Morgan fingerprint density at radius 2 is 1.22 bits per heavy atom. The van der Waals surface area contributed by atoms with Crippen molar-refractivity contribution in [2.45, 2.75) is 78.1 Å². The molecule has 1 amide bonds. The molecule has 0 aliphatic rings. The summed E-state index contributed by atoms with van der Waals surface area (Å²) in [6, 6.07) is 0. The number of carboxylic acid groups (broad SMARTS) is 1. The summed E-state index contributed by atoms with van der Waals surface area (Å²) in [5.74, 6) is -1.57. The number of rotatable bonds is 10. The molecule has 3 N–H and O–H groups in total. The third-order valence-electron chi connectivity index (χ3n) is 2.54. The predicted octanol–water partition coefficient (Wildman–Crippen LogP) is 3.48. The fraction of sp³-hybridized carbons (Fsp3) is 0.857. The Morgan fingerprint density at radius 1 is 0.833 bits per heavy atom. The van der Waals surface area contributed by atoms with Crippen LogP contribution < -0.4 is 5.73 Å². The van der Waals surface area contributed by atoms with Crippen molar-refractivity contribution in [1.82, 2.24) is 0 Å². The molecule has 0 saturated carbocycles. The van der Waals surface area contributed by atoms with Gasteiger partial charge in [0.15, 0.2) is 0 Å². The molecule has 0 bridgehead atoms. The van der Waals surface area contributed by atoms with Crippen molar-refractivity contribution < 1.29 is 14.7 Å². The summed E-state index contributed by atoms with van der Waals surface area (Å²) in [7, 11) is 0. The van der Waals surface area contributed by atoms with Crippen molar-refractivity contribution in [2.75, 3.05) is 0 Å². The van der Waals surface area contributed by atoms with Gasteiger partial charge in [0, 0.05) is 6.42 Å². The molecule has 0 spiro atoms. The minimum absolute atomic E-state index is 0.0741. The van der Waals surface area contributed by atoms with Crippen molar-refractivity contribution in [3.63, 3.8) is 0 Å². The van der Waals surface area contributed by atoms with Gasteiger partial charge in [-0.2, -0.15) is 0 Å². The Balaban J connectivity index is 0. The zero-order valence-electron chi connectivity index (χ0n) is 11.9. The zero-order valence-corrected chi connectivity index (χ0v) is 11.9. The first kappa shape index (κ1) is 19.3. The SMILES string of the molecule is CCCCCCCCCC.NC(=O)CCC(=O)O. The highest BCUT2D eigenvalue weighted by atomic mass is 16.4. The van der Waals surface area contributed by atoms with Gasteiger partial charge in [-0.15, -0.1) is 0 Å². The standard InChI is InChI=1S/C10H22.C4H7NO3/c1-3-5-7-9-10-8-6-4-2;5-3(6)1-2-4(7)8/h3-10H2,1-2H3;1-2H2,(H2,5,6)(H,7,8). The van der Waals surface area contributed by atoms with E-state index >= 15 is 0 Å². The van der Waals surface area contributed by atoms with E-state index in [1.807, 2.05) is 0 Å². The number of hydrogen-bond donors (Lipinski definition) is 2.